The van der Waals surface area contributed by atoms with Crippen molar-refractivity contribution in [2.24, 2.45) is 10.7 Å². The average molecular weight is 287 g/mol. The summed E-state index contributed by atoms with van der Waals surface area (Å²) in [5.74, 6) is -0.926. The summed E-state index contributed by atoms with van der Waals surface area (Å²) in [5.41, 5.74) is 7.96. The van der Waals surface area contributed by atoms with Crippen LogP contribution in [-0.2, 0) is 10.3 Å². The highest BCUT2D eigenvalue weighted by atomic mass is 19.3. The van der Waals surface area contributed by atoms with E-state index in [1.165, 1.54) is 6.07 Å². The van der Waals surface area contributed by atoms with Gasteiger partial charge in [-0.25, -0.2) is 18.2 Å². The molecule has 0 saturated heterocycles. The number of hydrogen-bond donors (Lipinski definition) is 2. The summed E-state index contributed by atoms with van der Waals surface area (Å²) in [6.07, 6.45) is -2.98. The summed E-state index contributed by atoms with van der Waals surface area (Å²) in [7, 11) is 0. The summed E-state index contributed by atoms with van der Waals surface area (Å²) >= 11 is 0. The van der Waals surface area contributed by atoms with Crippen LogP contribution in [0.3, 0.4) is 0 Å². The lowest BCUT2D eigenvalue weighted by molar-refractivity contribution is -0.0662. The van der Waals surface area contributed by atoms with E-state index in [1.54, 1.807) is 13.8 Å². The average Bonchev–Trinajstić information content (AvgIpc) is 2.36. The molecule has 1 heterocycles. The van der Waals surface area contributed by atoms with Crippen molar-refractivity contribution in [1.29, 1.82) is 0 Å². The van der Waals surface area contributed by atoms with Crippen molar-refractivity contribution >= 4 is 11.5 Å². The van der Waals surface area contributed by atoms with E-state index in [1.807, 2.05) is 0 Å². The van der Waals surface area contributed by atoms with Crippen molar-refractivity contribution in [3.05, 3.63) is 29.6 Å². The van der Waals surface area contributed by atoms with Gasteiger partial charge in [-0.15, -0.1) is 0 Å². The molecule has 0 aliphatic carbocycles. The Bertz CT molecular complexity index is 560. The first kappa shape index (κ1) is 14.6. The maximum atomic E-state index is 13.9. The number of nitrogen functional groups attached to an aromatic ring is 1. The van der Waals surface area contributed by atoms with Crippen LogP contribution < -0.4 is 11.5 Å². The van der Waals surface area contributed by atoms with Gasteiger partial charge in [0.25, 0.3) is 6.43 Å². The number of anilines is 1. The Hall–Kier alpha value is -1.76. The molecular weight excluding hydrogens is 271 g/mol. The van der Waals surface area contributed by atoms with Crippen LogP contribution in [0.25, 0.3) is 0 Å². The Labute approximate surface area is 114 Å². The van der Waals surface area contributed by atoms with Crippen LogP contribution >= 0.6 is 0 Å². The molecule has 110 valence electrons. The Morgan fingerprint density at radius 2 is 1.95 bits per heavy atom. The third kappa shape index (κ3) is 2.22. The molecule has 1 aromatic rings. The largest absolute Gasteiger partial charge is 0.399 e. The van der Waals surface area contributed by atoms with Gasteiger partial charge in [-0.3, -0.25) is 0 Å². The third-order valence-corrected chi connectivity index (χ3v) is 3.41. The molecule has 1 atom stereocenters. The van der Waals surface area contributed by atoms with Crippen LogP contribution in [0.4, 0.5) is 18.9 Å². The highest BCUT2D eigenvalue weighted by Gasteiger charge is 2.49. The van der Waals surface area contributed by atoms with E-state index < -0.39 is 30.0 Å². The number of alkyl halides is 2. The van der Waals surface area contributed by atoms with E-state index in [9.17, 15) is 13.2 Å². The quantitative estimate of drug-likeness (QED) is 0.817. The maximum absolute atomic E-state index is 13.9. The van der Waals surface area contributed by atoms with E-state index in [0.29, 0.717) is 0 Å². The van der Waals surface area contributed by atoms with Gasteiger partial charge in [-0.2, -0.15) is 0 Å². The van der Waals surface area contributed by atoms with Gasteiger partial charge in [0.05, 0.1) is 6.61 Å². The van der Waals surface area contributed by atoms with Gasteiger partial charge in [0.1, 0.15) is 17.3 Å². The number of halogens is 3. The fourth-order valence-corrected chi connectivity index (χ4v) is 1.99. The van der Waals surface area contributed by atoms with E-state index in [-0.39, 0.29) is 17.1 Å². The van der Waals surface area contributed by atoms with Crippen LogP contribution in [0, 0.1) is 5.82 Å². The highest BCUT2D eigenvalue weighted by molar-refractivity contribution is 5.89. The zero-order valence-electron chi connectivity index (χ0n) is 11.2. The lowest BCUT2D eigenvalue weighted by Gasteiger charge is -2.39. The van der Waals surface area contributed by atoms with Gasteiger partial charge < -0.3 is 16.2 Å². The molecular formula is C13H16F3N3O. The molecule has 1 aromatic carbocycles. The number of hydrogen-bond acceptors (Lipinski definition) is 4. The van der Waals surface area contributed by atoms with Gasteiger partial charge >= 0.3 is 0 Å². The molecule has 2 rings (SSSR count). The molecule has 0 aromatic heterocycles. The normalized spacial score (nSPS) is 25.6. The predicted octanol–water partition coefficient (Wildman–Crippen LogP) is 2.03. The number of rotatable bonds is 2. The first-order chi connectivity index (χ1) is 9.19. The van der Waals surface area contributed by atoms with Crippen LogP contribution in [0.5, 0.6) is 0 Å². The van der Waals surface area contributed by atoms with Gasteiger partial charge in [0.15, 0.2) is 5.54 Å². The van der Waals surface area contributed by atoms with Gasteiger partial charge in [-0.05, 0) is 32.0 Å². The Balaban J connectivity index is 2.64. The van der Waals surface area contributed by atoms with Gasteiger partial charge in [-0.1, -0.05) is 0 Å². The van der Waals surface area contributed by atoms with Gasteiger partial charge in [0, 0.05) is 11.3 Å². The second-order valence-corrected chi connectivity index (χ2v) is 5.26. The minimum absolute atomic E-state index is 0.106. The van der Waals surface area contributed by atoms with E-state index in [4.69, 9.17) is 16.2 Å². The minimum Gasteiger partial charge on any atom is -0.399 e. The smallest absolute Gasteiger partial charge is 0.269 e. The molecule has 4 N–H and O–H groups in total. The first-order valence-electron chi connectivity index (χ1n) is 6.02. The van der Waals surface area contributed by atoms with Gasteiger partial charge in [0.2, 0.25) is 0 Å². The van der Waals surface area contributed by atoms with E-state index >= 15 is 0 Å². The predicted molar refractivity (Wildman–Crippen MR) is 70.1 cm³/mol. The van der Waals surface area contributed by atoms with Crippen molar-refractivity contribution in [2.75, 3.05) is 12.3 Å². The topological polar surface area (TPSA) is 73.6 Å². The molecule has 1 aliphatic rings. The Morgan fingerprint density at radius 1 is 1.30 bits per heavy atom. The fraction of sp³-hybridized carbons (Fsp3) is 0.462. The Morgan fingerprint density at radius 3 is 2.50 bits per heavy atom. The minimum atomic E-state index is -2.98. The summed E-state index contributed by atoms with van der Waals surface area (Å²) < 4.78 is 46.4. The van der Waals surface area contributed by atoms with E-state index in [0.717, 1.165) is 12.1 Å². The van der Waals surface area contributed by atoms with Crippen molar-refractivity contribution in [2.45, 2.75) is 31.4 Å². The molecule has 7 heteroatoms. The van der Waals surface area contributed by atoms with Crippen molar-refractivity contribution in [1.82, 2.24) is 0 Å². The molecule has 4 nitrogen and oxygen atoms in total. The first-order valence-corrected chi connectivity index (χ1v) is 6.02. The van der Waals surface area contributed by atoms with Crippen LogP contribution in [-0.4, -0.2) is 24.5 Å². The maximum Gasteiger partial charge on any atom is 0.269 e. The molecule has 0 bridgehead atoms. The zero-order chi connectivity index (χ0) is 15.1. The molecule has 0 spiro atoms. The van der Waals surface area contributed by atoms with Crippen LogP contribution in [0.1, 0.15) is 19.4 Å². The molecule has 0 amide bonds. The summed E-state index contributed by atoms with van der Waals surface area (Å²) in [6.45, 7) is 2.74. The lowest BCUT2D eigenvalue weighted by atomic mass is 9.88. The number of aliphatic imine (C=N–C) groups is 1. The van der Waals surface area contributed by atoms with Crippen molar-refractivity contribution in [3.8, 4) is 0 Å². The number of ether oxygens (including phenoxy) is 1. The molecule has 1 unspecified atom stereocenters. The number of amidine groups is 1. The molecule has 0 fully saturated rings. The Kier molecular flexibility index (Phi) is 3.41. The van der Waals surface area contributed by atoms with E-state index in [2.05, 4.69) is 4.99 Å². The lowest BCUT2D eigenvalue weighted by Crippen LogP contribution is -2.53. The third-order valence-electron chi connectivity index (χ3n) is 3.41. The summed E-state index contributed by atoms with van der Waals surface area (Å²) in [5, 5.41) is 0. The molecule has 1 aliphatic heterocycles. The second-order valence-electron chi connectivity index (χ2n) is 5.26. The van der Waals surface area contributed by atoms with Crippen LogP contribution in [0.15, 0.2) is 23.2 Å². The fourth-order valence-electron chi connectivity index (χ4n) is 1.99. The molecule has 0 radical (unpaired) electrons. The highest BCUT2D eigenvalue weighted by Crippen LogP contribution is 2.39. The van der Waals surface area contributed by atoms with Crippen LogP contribution in [0.2, 0.25) is 0 Å². The summed E-state index contributed by atoms with van der Waals surface area (Å²) in [6, 6.07) is 3.46. The monoisotopic (exact) mass is 287 g/mol. The zero-order valence-corrected chi connectivity index (χ0v) is 11.2. The number of benzene rings is 1. The number of nitrogens with zero attached hydrogens (tertiary/aromatic N) is 1. The molecule has 0 saturated carbocycles. The number of nitrogens with two attached hydrogens (primary N) is 2. The van der Waals surface area contributed by atoms with Crippen molar-refractivity contribution in [3.63, 3.8) is 0 Å². The molecule has 20 heavy (non-hydrogen) atoms. The summed E-state index contributed by atoms with van der Waals surface area (Å²) in [4.78, 5) is 3.86. The SMILES string of the molecule is CC1(C)OCC(c2cc(N)ccc2F)(C(F)F)N=C1N. The van der Waals surface area contributed by atoms with Crippen molar-refractivity contribution < 1.29 is 17.9 Å². The standard InChI is InChI=1S/C13H16F3N3O/c1-12(2)11(18)19-13(6-20-12,10(15)16)8-5-7(17)3-4-9(8)14/h3-5,10H,6,17H2,1-2H3,(H2,18,19). The second kappa shape index (κ2) is 4.66.